The molecule has 0 spiro atoms. The van der Waals surface area contributed by atoms with Gasteiger partial charge in [-0.15, -0.1) is 0 Å². The zero-order valence-electron chi connectivity index (χ0n) is 9.97. The van der Waals surface area contributed by atoms with Gasteiger partial charge in [0.15, 0.2) is 9.84 Å². The van der Waals surface area contributed by atoms with E-state index in [-0.39, 0.29) is 10.8 Å². The highest BCUT2D eigenvalue weighted by Crippen LogP contribution is 2.09. The Bertz CT molecular complexity index is 516. The van der Waals surface area contributed by atoms with Crippen molar-refractivity contribution in [1.29, 1.82) is 0 Å². The van der Waals surface area contributed by atoms with Crippen molar-refractivity contribution < 1.29 is 8.42 Å². The van der Waals surface area contributed by atoms with Gasteiger partial charge in [0.2, 0.25) is 0 Å². The number of hydrazone groups is 1. The van der Waals surface area contributed by atoms with Crippen LogP contribution in [0, 0.1) is 6.92 Å². The number of benzene rings is 1. The molecule has 0 radical (unpaired) electrons. The monoisotopic (exact) mass is 252 g/mol. The van der Waals surface area contributed by atoms with Crippen LogP contribution < -0.4 is 5.43 Å². The normalized spacial score (nSPS) is 12.2. The molecule has 1 aromatic carbocycles. The summed E-state index contributed by atoms with van der Waals surface area (Å²) >= 11 is 0. The number of sulfone groups is 1. The molecule has 0 saturated heterocycles. The second-order valence-electron chi connectivity index (χ2n) is 3.71. The maximum absolute atomic E-state index is 11.9. The van der Waals surface area contributed by atoms with Crippen LogP contribution in [0.15, 0.2) is 42.1 Å². The maximum Gasteiger partial charge on any atom is 0.197 e. The van der Waals surface area contributed by atoms with Gasteiger partial charge in [-0.05, 0) is 19.4 Å². The first kappa shape index (κ1) is 13.4. The molecule has 0 aliphatic heterocycles. The summed E-state index contributed by atoms with van der Waals surface area (Å²) in [5, 5.41) is 3.74. The zero-order valence-corrected chi connectivity index (χ0v) is 10.8. The first-order valence-electron chi connectivity index (χ1n) is 5.15. The molecule has 0 aromatic heterocycles. The molecule has 1 rings (SSSR count). The molecule has 1 N–H and O–H groups in total. The molecule has 0 aliphatic rings. The van der Waals surface area contributed by atoms with Crippen LogP contribution in [0.4, 0.5) is 0 Å². The lowest BCUT2D eigenvalue weighted by Gasteiger charge is -2.04. The molecular formula is C12H16N2O2S. The van der Waals surface area contributed by atoms with Crippen molar-refractivity contribution in [3.8, 4) is 0 Å². The van der Waals surface area contributed by atoms with E-state index < -0.39 is 9.84 Å². The standard InChI is InChI=1S/C12H16N2O2S/c1-4-13-14-11(3)17(15,16)9-12-7-5-10(2)6-8-12/h4-8,13H,1,9H2,2-3H3/b14-11+. The fraction of sp³-hybridized carbons (Fsp3) is 0.250. The Morgan fingerprint density at radius 3 is 2.53 bits per heavy atom. The van der Waals surface area contributed by atoms with Crippen LogP contribution in [0.5, 0.6) is 0 Å². The summed E-state index contributed by atoms with van der Waals surface area (Å²) in [6, 6.07) is 7.39. The van der Waals surface area contributed by atoms with Gasteiger partial charge in [-0.3, -0.25) is 5.43 Å². The lowest BCUT2D eigenvalue weighted by molar-refractivity contribution is 0.606. The Hall–Kier alpha value is -1.62. The minimum atomic E-state index is -3.36. The molecule has 92 valence electrons. The average Bonchev–Trinajstić information content (AvgIpc) is 2.28. The SMILES string of the molecule is C=CN/N=C(\C)S(=O)(=O)Cc1ccc(C)cc1. The summed E-state index contributed by atoms with van der Waals surface area (Å²) in [4.78, 5) is 0. The van der Waals surface area contributed by atoms with Crippen LogP contribution in [0.25, 0.3) is 0 Å². The molecule has 0 unspecified atom stereocenters. The third-order valence-electron chi connectivity index (χ3n) is 2.24. The molecule has 0 amide bonds. The lowest BCUT2D eigenvalue weighted by atomic mass is 10.2. The number of hydrogen-bond acceptors (Lipinski definition) is 4. The Kier molecular flexibility index (Phi) is 4.45. The molecule has 17 heavy (non-hydrogen) atoms. The van der Waals surface area contributed by atoms with Crippen molar-refractivity contribution in [3.05, 3.63) is 48.2 Å². The van der Waals surface area contributed by atoms with E-state index in [9.17, 15) is 8.42 Å². The summed E-state index contributed by atoms with van der Waals surface area (Å²) in [6.07, 6.45) is 1.32. The largest absolute Gasteiger partial charge is 0.285 e. The fourth-order valence-corrected chi connectivity index (χ4v) is 2.25. The smallest absolute Gasteiger partial charge is 0.197 e. The molecule has 0 saturated carbocycles. The fourth-order valence-electron chi connectivity index (χ4n) is 1.21. The highest BCUT2D eigenvalue weighted by molar-refractivity contribution is 8.05. The summed E-state index contributed by atoms with van der Waals surface area (Å²) in [5.74, 6) is -0.0402. The zero-order chi connectivity index (χ0) is 12.9. The van der Waals surface area contributed by atoms with Gasteiger partial charge < -0.3 is 0 Å². The Morgan fingerprint density at radius 1 is 1.41 bits per heavy atom. The van der Waals surface area contributed by atoms with E-state index in [4.69, 9.17) is 0 Å². The van der Waals surface area contributed by atoms with Crippen molar-refractivity contribution in [2.75, 3.05) is 0 Å². The first-order chi connectivity index (χ1) is 7.95. The second kappa shape index (κ2) is 5.63. The van der Waals surface area contributed by atoms with Gasteiger partial charge in [0.05, 0.1) is 5.75 Å². The predicted molar refractivity (Wildman–Crippen MR) is 70.2 cm³/mol. The van der Waals surface area contributed by atoms with Crippen molar-refractivity contribution in [2.45, 2.75) is 19.6 Å². The molecule has 4 nitrogen and oxygen atoms in total. The molecule has 0 aliphatic carbocycles. The van der Waals surface area contributed by atoms with E-state index in [1.54, 1.807) is 12.1 Å². The first-order valence-corrected chi connectivity index (χ1v) is 6.80. The lowest BCUT2D eigenvalue weighted by Crippen LogP contribution is -2.16. The minimum absolute atomic E-state index is 0.0402. The van der Waals surface area contributed by atoms with Gasteiger partial charge in [-0.2, -0.15) is 5.10 Å². The summed E-state index contributed by atoms with van der Waals surface area (Å²) in [7, 11) is -3.36. The Labute approximate surface area is 102 Å². The van der Waals surface area contributed by atoms with E-state index in [0.717, 1.165) is 11.1 Å². The van der Waals surface area contributed by atoms with Gasteiger partial charge in [0.1, 0.15) is 5.04 Å². The number of nitrogens with one attached hydrogen (secondary N) is 1. The topological polar surface area (TPSA) is 58.5 Å². The van der Waals surface area contributed by atoms with Gasteiger partial charge in [-0.25, -0.2) is 8.42 Å². The average molecular weight is 252 g/mol. The van der Waals surface area contributed by atoms with Crippen molar-refractivity contribution >= 4 is 14.9 Å². The van der Waals surface area contributed by atoms with Gasteiger partial charge in [0.25, 0.3) is 0 Å². The van der Waals surface area contributed by atoms with E-state index in [0.29, 0.717) is 0 Å². The van der Waals surface area contributed by atoms with Crippen LogP contribution in [-0.4, -0.2) is 13.5 Å². The van der Waals surface area contributed by atoms with Crippen LogP contribution >= 0.6 is 0 Å². The third-order valence-corrected chi connectivity index (χ3v) is 3.95. The van der Waals surface area contributed by atoms with Crippen molar-refractivity contribution in [1.82, 2.24) is 5.43 Å². The Morgan fingerprint density at radius 2 is 2.00 bits per heavy atom. The summed E-state index contributed by atoms with van der Waals surface area (Å²) < 4.78 is 23.8. The number of aryl methyl sites for hydroxylation is 1. The second-order valence-corrected chi connectivity index (χ2v) is 5.82. The third kappa shape index (κ3) is 4.03. The van der Waals surface area contributed by atoms with Gasteiger partial charge >= 0.3 is 0 Å². The molecular weight excluding hydrogens is 236 g/mol. The molecule has 0 atom stereocenters. The van der Waals surface area contributed by atoms with Crippen molar-refractivity contribution in [3.63, 3.8) is 0 Å². The molecule has 0 bridgehead atoms. The summed E-state index contributed by atoms with van der Waals surface area (Å²) in [5.41, 5.74) is 4.28. The number of rotatable bonds is 4. The highest BCUT2D eigenvalue weighted by atomic mass is 32.2. The molecule has 0 heterocycles. The minimum Gasteiger partial charge on any atom is -0.285 e. The van der Waals surface area contributed by atoms with E-state index >= 15 is 0 Å². The number of hydrogen-bond donors (Lipinski definition) is 1. The molecule has 5 heteroatoms. The van der Waals surface area contributed by atoms with E-state index in [2.05, 4.69) is 17.1 Å². The predicted octanol–water partition coefficient (Wildman–Crippen LogP) is 1.98. The van der Waals surface area contributed by atoms with Crippen molar-refractivity contribution in [2.24, 2.45) is 5.10 Å². The van der Waals surface area contributed by atoms with Crippen LogP contribution in [0.1, 0.15) is 18.1 Å². The van der Waals surface area contributed by atoms with Gasteiger partial charge in [0, 0.05) is 6.20 Å². The van der Waals surface area contributed by atoms with Crippen LogP contribution in [0.2, 0.25) is 0 Å². The van der Waals surface area contributed by atoms with Crippen LogP contribution in [-0.2, 0) is 15.6 Å². The summed E-state index contributed by atoms with van der Waals surface area (Å²) in [6.45, 7) is 6.81. The quantitative estimate of drug-likeness (QED) is 0.506. The van der Waals surface area contributed by atoms with E-state index in [1.807, 2.05) is 19.1 Å². The highest BCUT2D eigenvalue weighted by Gasteiger charge is 2.16. The van der Waals surface area contributed by atoms with Crippen LogP contribution in [0.3, 0.4) is 0 Å². The van der Waals surface area contributed by atoms with E-state index in [1.165, 1.54) is 13.1 Å². The van der Waals surface area contributed by atoms with Gasteiger partial charge in [-0.1, -0.05) is 36.4 Å². The maximum atomic E-state index is 11.9. The number of nitrogens with zero attached hydrogens (tertiary/aromatic N) is 1. The molecule has 0 fully saturated rings. The Balaban J connectivity index is 2.86. The molecule has 1 aromatic rings.